The highest BCUT2D eigenvalue weighted by Crippen LogP contribution is 2.15. The first-order valence-corrected chi connectivity index (χ1v) is 8.67. The van der Waals surface area contributed by atoms with Crippen LogP contribution in [0.1, 0.15) is 32.9 Å². The summed E-state index contributed by atoms with van der Waals surface area (Å²) in [7, 11) is 0. The number of amides is 1. The van der Waals surface area contributed by atoms with Crippen molar-refractivity contribution in [3.63, 3.8) is 0 Å². The number of ether oxygens (including phenoxy) is 1. The van der Waals surface area contributed by atoms with Crippen molar-refractivity contribution in [3.8, 4) is 0 Å². The largest absolute Gasteiger partial charge is 0.452 e. The molecule has 27 heavy (non-hydrogen) atoms. The number of benzene rings is 2. The van der Waals surface area contributed by atoms with Gasteiger partial charge in [-0.05, 0) is 50.1 Å². The van der Waals surface area contributed by atoms with Gasteiger partial charge in [0.25, 0.3) is 5.91 Å². The van der Waals surface area contributed by atoms with Gasteiger partial charge in [-0.2, -0.15) is 0 Å². The standard InChI is InChI=1S/C21H21N3O3/c1-13-6-4-5-7-17(13)11-22-20(25)12-27-21(26)16-8-9-18-19(10-16)24-15(3)14(2)23-18/h4-10H,11-12H2,1-3H3,(H,22,25). The van der Waals surface area contributed by atoms with E-state index in [1.54, 1.807) is 18.2 Å². The van der Waals surface area contributed by atoms with E-state index >= 15 is 0 Å². The van der Waals surface area contributed by atoms with Gasteiger partial charge in [0, 0.05) is 6.54 Å². The molecule has 1 N–H and O–H groups in total. The minimum absolute atomic E-state index is 0.332. The van der Waals surface area contributed by atoms with E-state index in [1.165, 1.54) is 0 Å². The minimum Gasteiger partial charge on any atom is -0.452 e. The summed E-state index contributed by atoms with van der Waals surface area (Å²) in [5.41, 5.74) is 5.45. The number of rotatable bonds is 5. The average Bonchev–Trinajstić information content (AvgIpc) is 2.66. The zero-order chi connectivity index (χ0) is 19.4. The third kappa shape index (κ3) is 4.47. The summed E-state index contributed by atoms with van der Waals surface area (Å²) in [6.45, 7) is 5.80. The van der Waals surface area contributed by atoms with Gasteiger partial charge >= 0.3 is 5.97 Å². The number of fused-ring (bicyclic) bond motifs is 1. The van der Waals surface area contributed by atoms with Gasteiger partial charge in [-0.15, -0.1) is 0 Å². The summed E-state index contributed by atoms with van der Waals surface area (Å²) in [5, 5.41) is 2.75. The van der Waals surface area contributed by atoms with Gasteiger partial charge in [0.05, 0.1) is 28.0 Å². The number of aryl methyl sites for hydroxylation is 3. The molecule has 1 aromatic heterocycles. The van der Waals surface area contributed by atoms with E-state index < -0.39 is 5.97 Å². The molecule has 3 rings (SSSR count). The number of aromatic nitrogens is 2. The molecule has 0 fully saturated rings. The highest BCUT2D eigenvalue weighted by Gasteiger charge is 2.12. The Labute approximate surface area is 157 Å². The molecule has 1 heterocycles. The maximum absolute atomic E-state index is 12.2. The van der Waals surface area contributed by atoms with E-state index in [-0.39, 0.29) is 12.5 Å². The molecule has 0 aliphatic carbocycles. The van der Waals surface area contributed by atoms with Crippen LogP contribution in [0.2, 0.25) is 0 Å². The normalized spacial score (nSPS) is 10.6. The summed E-state index contributed by atoms with van der Waals surface area (Å²) >= 11 is 0. The van der Waals surface area contributed by atoms with Crippen molar-refractivity contribution >= 4 is 22.9 Å². The molecule has 6 nitrogen and oxygen atoms in total. The summed E-state index contributed by atoms with van der Waals surface area (Å²) in [6, 6.07) is 12.8. The van der Waals surface area contributed by atoms with Crippen molar-refractivity contribution in [1.82, 2.24) is 15.3 Å². The second-order valence-electron chi connectivity index (χ2n) is 6.38. The second kappa shape index (κ2) is 7.95. The molecule has 1 amide bonds. The maximum Gasteiger partial charge on any atom is 0.338 e. The Morgan fingerprint density at radius 1 is 0.963 bits per heavy atom. The van der Waals surface area contributed by atoms with Gasteiger partial charge in [-0.1, -0.05) is 24.3 Å². The third-order valence-electron chi connectivity index (χ3n) is 4.38. The lowest BCUT2D eigenvalue weighted by Gasteiger charge is -2.09. The van der Waals surface area contributed by atoms with E-state index in [0.717, 1.165) is 22.5 Å². The molecule has 2 aromatic carbocycles. The molecule has 0 aliphatic heterocycles. The summed E-state index contributed by atoms with van der Waals surface area (Å²) in [5.74, 6) is -0.915. The van der Waals surface area contributed by atoms with Crippen molar-refractivity contribution in [1.29, 1.82) is 0 Å². The predicted octanol–water partition coefficient (Wildman–Crippen LogP) is 3.03. The molecule has 0 bridgehead atoms. The van der Waals surface area contributed by atoms with Crippen LogP contribution < -0.4 is 5.32 Å². The van der Waals surface area contributed by atoms with Gasteiger partial charge in [0.1, 0.15) is 0 Å². The fourth-order valence-electron chi connectivity index (χ4n) is 2.63. The Morgan fingerprint density at radius 2 is 1.67 bits per heavy atom. The van der Waals surface area contributed by atoms with Crippen molar-refractivity contribution in [2.24, 2.45) is 0 Å². The van der Waals surface area contributed by atoms with E-state index in [0.29, 0.717) is 23.1 Å². The van der Waals surface area contributed by atoms with Gasteiger partial charge in [-0.25, -0.2) is 14.8 Å². The average molecular weight is 363 g/mol. The zero-order valence-corrected chi connectivity index (χ0v) is 15.6. The van der Waals surface area contributed by atoms with E-state index in [4.69, 9.17) is 4.74 Å². The number of nitrogens with one attached hydrogen (secondary N) is 1. The molecule has 0 radical (unpaired) electrons. The lowest BCUT2D eigenvalue weighted by molar-refractivity contribution is -0.124. The fourth-order valence-corrected chi connectivity index (χ4v) is 2.63. The Bertz CT molecular complexity index is 1010. The Hall–Kier alpha value is -3.28. The molecular weight excluding hydrogens is 342 g/mol. The van der Waals surface area contributed by atoms with Gasteiger partial charge in [0.2, 0.25) is 0 Å². The number of hydrogen-bond acceptors (Lipinski definition) is 5. The van der Waals surface area contributed by atoms with E-state index in [1.807, 2.05) is 45.0 Å². The van der Waals surface area contributed by atoms with Gasteiger partial charge < -0.3 is 10.1 Å². The molecule has 0 spiro atoms. The quantitative estimate of drug-likeness (QED) is 0.705. The first-order valence-electron chi connectivity index (χ1n) is 8.67. The molecule has 3 aromatic rings. The van der Waals surface area contributed by atoms with Crippen LogP contribution in [-0.4, -0.2) is 28.5 Å². The van der Waals surface area contributed by atoms with Crippen LogP contribution in [0.25, 0.3) is 11.0 Å². The number of nitrogens with zero attached hydrogens (tertiary/aromatic N) is 2. The molecule has 0 unspecified atom stereocenters. The highest BCUT2D eigenvalue weighted by atomic mass is 16.5. The van der Waals surface area contributed by atoms with E-state index in [9.17, 15) is 9.59 Å². The summed E-state index contributed by atoms with van der Waals surface area (Å²) in [6.07, 6.45) is 0. The first kappa shape index (κ1) is 18.5. The monoisotopic (exact) mass is 363 g/mol. The Balaban J connectivity index is 1.58. The highest BCUT2D eigenvalue weighted by molar-refractivity contribution is 5.94. The van der Waals surface area contributed by atoms with Crippen molar-refractivity contribution in [2.75, 3.05) is 6.61 Å². The first-order chi connectivity index (χ1) is 12.9. The van der Waals surface area contributed by atoms with Crippen molar-refractivity contribution in [3.05, 3.63) is 70.5 Å². The zero-order valence-electron chi connectivity index (χ0n) is 15.6. The summed E-state index contributed by atoms with van der Waals surface area (Å²) in [4.78, 5) is 33.0. The smallest absolute Gasteiger partial charge is 0.338 e. The molecule has 0 saturated heterocycles. The predicted molar refractivity (Wildman–Crippen MR) is 102 cm³/mol. The summed E-state index contributed by atoms with van der Waals surface area (Å²) < 4.78 is 5.11. The fraction of sp³-hybridized carbons (Fsp3) is 0.238. The van der Waals surface area contributed by atoms with Gasteiger partial charge in [0.15, 0.2) is 6.61 Å². The van der Waals surface area contributed by atoms with E-state index in [2.05, 4.69) is 15.3 Å². The van der Waals surface area contributed by atoms with Crippen LogP contribution in [0.15, 0.2) is 42.5 Å². The topological polar surface area (TPSA) is 81.2 Å². The molecule has 138 valence electrons. The molecule has 0 aliphatic rings. The number of hydrogen-bond donors (Lipinski definition) is 1. The molecule has 0 atom stereocenters. The van der Waals surface area contributed by atoms with Crippen LogP contribution in [0.3, 0.4) is 0 Å². The van der Waals surface area contributed by atoms with Crippen molar-refractivity contribution in [2.45, 2.75) is 27.3 Å². The lowest BCUT2D eigenvalue weighted by Crippen LogP contribution is -2.28. The molecular formula is C21H21N3O3. The molecule has 0 saturated carbocycles. The SMILES string of the molecule is Cc1ccccc1CNC(=O)COC(=O)c1ccc2nc(C)c(C)nc2c1. The van der Waals surface area contributed by atoms with Crippen LogP contribution in [0.5, 0.6) is 0 Å². The van der Waals surface area contributed by atoms with Crippen LogP contribution in [0, 0.1) is 20.8 Å². The van der Waals surface area contributed by atoms with Crippen LogP contribution in [-0.2, 0) is 16.1 Å². The lowest BCUT2D eigenvalue weighted by atomic mass is 10.1. The maximum atomic E-state index is 12.2. The van der Waals surface area contributed by atoms with Crippen LogP contribution in [0.4, 0.5) is 0 Å². The Morgan fingerprint density at radius 3 is 2.41 bits per heavy atom. The number of esters is 1. The third-order valence-corrected chi connectivity index (χ3v) is 4.38. The number of carbonyl (C=O) groups is 2. The minimum atomic E-state index is -0.567. The Kier molecular flexibility index (Phi) is 5.45. The van der Waals surface area contributed by atoms with Gasteiger partial charge in [-0.3, -0.25) is 4.79 Å². The van der Waals surface area contributed by atoms with Crippen LogP contribution >= 0.6 is 0 Å². The second-order valence-corrected chi connectivity index (χ2v) is 6.38. The number of carbonyl (C=O) groups excluding carboxylic acids is 2. The molecule has 6 heteroatoms. The van der Waals surface area contributed by atoms with Crippen molar-refractivity contribution < 1.29 is 14.3 Å².